The average Bonchev–Trinajstić information content (AvgIpc) is 3.35. The number of carbonyl (C=O) groups is 1. The number of nitrogens with zero attached hydrogens (tertiary/aromatic N) is 6. The number of hydrogen-bond acceptors (Lipinski definition) is 10. The Hall–Kier alpha value is -3.43. The SMILES string of the molecule is C/C(=N\Nc1nnc(SCC(=O)Nc2sc3c(c2C#N)CCCC3)n1N)c1ccccn1. The van der Waals surface area contributed by atoms with Gasteiger partial charge in [0.25, 0.3) is 5.95 Å². The number of fused-ring (bicyclic) bond motifs is 1. The summed E-state index contributed by atoms with van der Waals surface area (Å²) in [5, 5.41) is 25.6. The molecule has 3 heterocycles. The Bertz CT molecular complexity index is 1190. The topological polar surface area (TPSA) is 147 Å². The first-order chi connectivity index (χ1) is 15.6. The molecule has 0 aliphatic heterocycles. The van der Waals surface area contributed by atoms with Crippen molar-refractivity contribution in [1.82, 2.24) is 19.9 Å². The second-order valence-electron chi connectivity index (χ2n) is 7.06. The number of pyridine rings is 1. The largest absolute Gasteiger partial charge is 0.334 e. The van der Waals surface area contributed by atoms with Crippen LogP contribution in [0.25, 0.3) is 0 Å². The summed E-state index contributed by atoms with van der Waals surface area (Å²) < 4.78 is 1.23. The summed E-state index contributed by atoms with van der Waals surface area (Å²) in [4.78, 5) is 17.9. The van der Waals surface area contributed by atoms with Crippen LogP contribution in [0.1, 0.15) is 41.5 Å². The molecule has 1 aliphatic rings. The van der Waals surface area contributed by atoms with E-state index in [-0.39, 0.29) is 17.6 Å². The molecule has 0 bridgehead atoms. The summed E-state index contributed by atoms with van der Waals surface area (Å²) in [6.07, 6.45) is 5.75. The number of anilines is 2. The van der Waals surface area contributed by atoms with Crippen molar-refractivity contribution in [2.45, 2.75) is 37.8 Å². The fourth-order valence-corrected chi connectivity index (χ4v) is 5.20. The number of nitrogens with one attached hydrogen (secondary N) is 2. The highest BCUT2D eigenvalue weighted by atomic mass is 32.2. The molecule has 0 radical (unpaired) electrons. The third kappa shape index (κ3) is 4.74. The number of thioether (sulfide) groups is 1. The molecule has 3 aromatic heterocycles. The van der Waals surface area contributed by atoms with Crippen molar-refractivity contribution in [2.75, 3.05) is 22.3 Å². The number of thiophene rings is 1. The Morgan fingerprint density at radius 1 is 1.38 bits per heavy atom. The number of nitrogen functional groups attached to an aromatic ring is 1. The number of nitriles is 1. The van der Waals surface area contributed by atoms with E-state index in [0.29, 0.717) is 21.4 Å². The lowest BCUT2D eigenvalue weighted by Crippen LogP contribution is -2.17. The van der Waals surface area contributed by atoms with Gasteiger partial charge in [-0.2, -0.15) is 10.4 Å². The summed E-state index contributed by atoms with van der Waals surface area (Å²) >= 11 is 2.65. The number of nitrogens with two attached hydrogens (primary N) is 1. The zero-order chi connectivity index (χ0) is 22.5. The molecular weight excluding hydrogens is 446 g/mol. The number of hydrogen-bond donors (Lipinski definition) is 3. The Morgan fingerprint density at radius 3 is 3.00 bits per heavy atom. The molecule has 0 saturated heterocycles. The molecule has 4 rings (SSSR count). The van der Waals surface area contributed by atoms with E-state index < -0.39 is 0 Å². The second kappa shape index (κ2) is 9.80. The first-order valence-corrected chi connectivity index (χ1v) is 11.8. The third-order valence-electron chi connectivity index (χ3n) is 4.89. The van der Waals surface area contributed by atoms with Crippen LogP contribution in [0.5, 0.6) is 0 Å². The number of amides is 1. The van der Waals surface area contributed by atoms with Gasteiger partial charge in [-0.25, -0.2) is 10.1 Å². The molecule has 12 heteroatoms. The lowest BCUT2D eigenvalue weighted by Gasteiger charge is -2.09. The van der Waals surface area contributed by atoms with Gasteiger partial charge in [0, 0.05) is 11.1 Å². The zero-order valence-electron chi connectivity index (χ0n) is 17.3. The van der Waals surface area contributed by atoms with Gasteiger partial charge in [0.2, 0.25) is 11.1 Å². The van der Waals surface area contributed by atoms with Crippen LogP contribution in [0.3, 0.4) is 0 Å². The molecule has 10 nitrogen and oxygen atoms in total. The van der Waals surface area contributed by atoms with Crippen molar-refractivity contribution >= 4 is 45.7 Å². The van der Waals surface area contributed by atoms with Crippen LogP contribution < -0.4 is 16.6 Å². The van der Waals surface area contributed by atoms with Gasteiger partial charge in [0.1, 0.15) is 11.1 Å². The highest BCUT2D eigenvalue weighted by molar-refractivity contribution is 7.99. The minimum Gasteiger partial charge on any atom is -0.334 e. The second-order valence-corrected chi connectivity index (χ2v) is 9.11. The molecule has 1 amide bonds. The maximum atomic E-state index is 12.5. The fraction of sp³-hybridized carbons (Fsp3) is 0.300. The van der Waals surface area contributed by atoms with E-state index in [4.69, 9.17) is 5.84 Å². The summed E-state index contributed by atoms with van der Waals surface area (Å²) in [6.45, 7) is 1.81. The van der Waals surface area contributed by atoms with Gasteiger partial charge in [-0.3, -0.25) is 9.78 Å². The summed E-state index contributed by atoms with van der Waals surface area (Å²) in [6, 6.07) is 7.79. The fourth-order valence-electron chi connectivity index (χ4n) is 3.28. The van der Waals surface area contributed by atoms with Gasteiger partial charge in [-0.05, 0) is 50.3 Å². The lowest BCUT2D eigenvalue weighted by molar-refractivity contribution is -0.113. The molecule has 0 atom stereocenters. The molecule has 0 saturated carbocycles. The number of rotatable bonds is 7. The van der Waals surface area contributed by atoms with E-state index in [1.54, 1.807) is 6.20 Å². The number of aryl methyl sites for hydroxylation is 1. The number of aromatic nitrogens is 4. The van der Waals surface area contributed by atoms with Gasteiger partial charge >= 0.3 is 0 Å². The zero-order valence-corrected chi connectivity index (χ0v) is 19.0. The molecule has 3 aromatic rings. The van der Waals surface area contributed by atoms with Crippen LogP contribution in [-0.4, -0.2) is 37.2 Å². The molecule has 0 fully saturated rings. The maximum absolute atomic E-state index is 12.5. The molecule has 0 unspecified atom stereocenters. The molecule has 4 N–H and O–H groups in total. The third-order valence-corrected chi connectivity index (χ3v) is 7.04. The van der Waals surface area contributed by atoms with Gasteiger partial charge < -0.3 is 11.2 Å². The predicted molar refractivity (Wildman–Crippen MR) is 125 cm³/mol. The lowest BCUT2D eigenvalue weighted by atomic mass is 9.96. The predicted octanol–water partition coefficient (Wildman–Crippen LogP) is 2.77. The van der Waals surface area contributed by atoms with Gasteiger partial charge in [0.15, 0.2) is 0 Å². The monoisotopic (exact) mass is 467 g/mol. The minimum absolute atomic E-state index is 0.0823. The Labute approximate surface area is 192 Å². The van der Waals surface area contributed by atoms with E-state index >= 15 is 0 Å². The van der Waals surface area contributed by atoms with Crippen LogP contribution in [0.4, 0.5) is 10.9 Å². The van der Waals surface area contributed by atoms with Crippen LogP contribution in [-0.2, 0) is 17.6 Å². The quantitative estimate of drug-likeness (QED) is 0.208. The van der Waals surface area contributed by atoms with Gasteiger partial charge in [-0.1, -0.05) is 17.8 Å². The molecule has 1 aliphatic carbocycles. The van der Waals surface area contributed by atoms with Crippen molar-refractivity contribution in [1.29, 1.82) is 5.26 Å². The molecule has 32 heavy (non-hydrogen) atoms. The van der Waals surface area contributed by atoms with E-state index in [1.165, 1.54) is 20.9 Å². The van der Waals surface area contributed by atoms with Crippen molar-refractivity contribution in [3.05, 3.63) is 46.1 Å². The smallest absolute Gasteiger partial charge is 0.264 e. The highest BCUT2D eigenvalue weighted by Crippen LogP contribution is 2.37. The van der Waals surface area contributed by atoms with E-state index in [1.807, 2.05) is 25.1 Å². The molecule has 164 valence electrons. The average molecular weight is 468 g/mol. The first kappa shape index (κ1) is 21.8. The van der Waals surface area contributed by atoms with E-state index in [9.17, 15) is 10.1 Å². The maximum Gasteiger partial charge on any atom is 0.264 e. The standard InChI is InChI=1S/C20H21N9OS2/c1-12(15-7-4-5-9-23-15)25-26-19-27-28-20(29(19)22)31-11-17(30)24-18-14(10-21)13-6-2-3-8-16(13)32-18/h4-5,7,9H,2-3,6,8,11,22H2,1H3,(H,24,30)(H,26,27)/b25-12+. The van der Waals surface area contributed by atoms with Gasteiger partial charge in [0.05, 0.1) is 22.7 Å². The van der Waals surface area contributed by atoms with Crippen LogP contribution in [0.15, 0.2) is 34.7 Å². The molecule has 0 spiro atoms. The molecular formula is C20H21N9OS2. The normalized spacial score (nSPS) is 13.3. The van der Waals surface area contributed by atoms with Crippen molar-refractivity contribution < 1.29 is 4.79 Å². The van der Waals surface area contributed by atoms with Crippen molar-refractivity contribution in [3.63, 3.8) is 0 Å². The summed E-state index contributed by atoms with van der Waals surface area (Å²) in [5.74, 6) is 6.12. The van der Waals surface area contributed by atoms with Crippen LogP contribution in [0.2, 0.25) is 0 Å². The van der Waals surface area contributed by atoms with Crippen LogP contribution >= 0.6 is 23.1 Å². The number of hydrazone groups is 1. The van der Waals surface area contributed by atoms with Crippen molar-refractivity contribution in [3.8, 4) is 6.07 Å². The van der Waals surface area contributed by atoms with E-state index in [2.05, 4.69) is 37.1 Å². The molecule has 0 aromatic carbocycles. The Kier molecular flexibility index (Phi) is 6.67. The Morgan fingerprint density at radius 2 is 2.22 bits per heavy atom. The first-order valence-electron chi connectivity index (χ1n) is 9.96. The van der Waals surface area contributed by atoms with Crippen LogP contribution in [0, 0.1) is 11.3 Å². The Balaban J connectivity index is 1.36. The highest BCUT2D eigenvalue weighted by Gasteiger charge is 2.22. The van der Waals surface area contributed by atoms with E-state index in [0.717, 1.165) is 48.7 Å². The minimum atomic E-state index is -0.230. The van der Waals surface area contributed by atoms with Crippen molar-refractivity contribution in [2.24, 2.45) is 5.10 Å². The summed E-state index contributed by atoms with van der Waals surface area (Å²) in [5.41, 5.74) is 5.83. The number of carbonyl (C=O) groups excluding carboxylic acids is 1. The summed E-state index contributed by atoms with van der Waals surface area (Å²) in [7, 11) is 0. The van der Waals surface area contributed by atoms with Gasteiger partial charge in [-0.15, -0.1) is 21.5 Å².